The minimum Gasteiger partial charge on any atom is -0.507 e. The molecular weight excluding hydrogens is 335 g/mol. The first-order valence-electron chi connectivity index (χ1n) is 8.66. The van der Waals surface area contributed by atoms with Gasteiger partial charge in [0, 0.05) is 29.2 Å². The topological polar surface area (TPSA) is 91.2 Å². The fourth-order valence-electron chi connectivity index (χ4n) is 3.52. The van der Waals surface area contributed by atoms with Crippen molar-refractivity contribution in [3.8, 4) is 17.0 Å². The number of pyridine rings is 1. The maximum atomic E-state index is 14.3. The Kier molecular flexibility index (Phi) is 4.38. The number of anilines is 1. The quantitative estimate of drug-likeness (QED) is 0.669. The molecule has 0 amide bonds. The second kappa shape index (κ2) is 6.84. The highest BCUT2D eigenvalue weighted by Crippen LogP contribution is 2.36. The molecule has 0 spiro atoms. The van der Waals surface area contributed by atoms with Crippen LogP contribution in [0.3, 0.4) is 0 Å². The number of rotatable bonds is 3. The maximum Gasteiger partial charge on any atom is 0.158 e. The Hall–Kier alpha value is -2.80. The summed E-state index contributed by atoms with van der Waals surface area (Å²) in [7, 11) is 0. The highest BCUT2D eigenvalue weighted by atomic mass is 19.1. The van der Waals surface area contributed by atoms with Crippen molar-refractivity contribution >= 4 is 16.6 Å². The lowest BCUT2D eigenvalue weighted by atomic mass is 9.93. The summed E-state index contributed by atoms with van der Waals surface area (Å²) in [6, 6.07) is 5.97. The average Bonchev–Trinajstić information content (AvgIpc) is 2.63. The van der Waals surface area contributed by atoms with Gasteiger partial charge in [0.05, 0.1) is 11.7 Å². The van der Waals surface area contributed by atoms with Gasteiger partial charge >= 0.3 is 0 Å². The van der Waals surface area contributed by atoms with Crippen LogP contribution in [-0.2, 0) is 0 Å². The zero-order chi connectivity index (χ0) is 18.1. The highest BCUT2D eigenvalue weighted by Gasteiger charge is 2.22. The molecule has 0 bridgehead atoms. The van der Waals surface area contributed by atoms with E-state index < -0.39 is 5.82 Å². The summed E-state index contributed by atoms with van der Waals surface area (Å²) in [5, 5.41) is 33.0. The molecule has 3 N–H and O–H groups in total. The molecule has 4 rings (SSSR count). The number of aliphatic hydroxyl groups is 1. The van der Waals surface area contributed by atoms with Crippen molar-refractivity contribution in [3.05, 3.63) is 42.5 Å². The number of aromatic hydroxyl groups is 1. The van der Waals surface area contributed by atoms with Gasteiger partial charge < -0.3 is 15.5 Å². The monoisotopic (exact) mass is 354 g/mol. The van der Waals surface area contributed by atoms with Crippen LogP contribution in [0.1, 0.15) is 25.7 Å². The van der Waals surface area contributed by atoms with E-state index in [9.17, 15) is 14.6 Å². The molecule has 1 aliphatic carbocycles. The summed E-state index contributed by atoms with van der Waals surface area (Å²) in [5.41, 5.74) is 0.295. The first kappa shape index (κ1) is 16.7. The number of phenolic OH excluding ortho intramolecular Hbond substituents is 1. The van der Waals surface area contributed by atoms with Crippen LogP contribution in [0.5, 0.6) is 5.75 Å². The fourth-order valence-corrected chi connectivity index (χ4v) is 3.52. The zero-order valence-corrected chi connectivity index (χ0v) is 14.1. The molecule has 7 heteroatoms. The van der Waals surface area contributed by atoms with Crippen molar-refractivity contribution in [1.29, 1.82) is 0 Å². The summed E-state index contributed by atoms with van der Waals surface area (Å²) < 4.78 is 14.3. The van der Waals surface area contributed by atoms with Gasteiger partial charge in [0.2, 0.25) is 0 Å². The van der Waals surface area contributed by atoms with Crippen LogP contribution in [0.4, 0.5) is 10.2 Å². The number of nitrogens with one attached hydrogen (secondary N) is 1. The van der Waals surface area contributed by atoms with E-state index in [4.69, 9.17) is 0 Å². The van der Waals surface area contributed by atoms with E-state index in [2.05, 4.69) is 20.5 Å². The summed E-state index contributed by atoms with van der Waals surface area (Å²) >= 11 is 0. The number of benzene rings is 1. The van der Waals surface area contributed by atoms with Gasteiger partial charge in [0.25, 0.3) is 0 Å². The van der Waals surface area contributed by atoms with Crippen molar-refractivity contribution in [1.82, 2.24) is 15.2 Å². The lowest BCUT2D eigenvalue weighted by Gasteiger charge is -2.27. The fraction of sp³-hybridized carbons (Fsp3) is 0.316. The lowest BCUT2D eigenvalue weighted by molar-refractivity contribution is 0.124. The molecule has 1 aromatic carbocycles. The van der Waals surface area contributed by atoms with Crippen molar-refractivity contribution < 1.29 is 14.6 Å². The SMILES string of the molecule is Oc1cccc(F)c1-c1nnc(NC2CCCC(O)C2)c2cnccc12. The summed E-state index contributed by atoms with van der Waals surface area (Å²) in [6.45, 7) is 0. The van der Waals surface area contributed by atoms with Gasteiger partial charge in [-0.1, -0.05) is 6.07 Å². The Morgan fingerprint density at radius 1 is 1.12 bits per heavy atom. The van der Waals surface area contributed by atoms with Gasteiger partial charge in [-0.25, -0.2) is 4.39 Å². The van der Waals surface area contributed by atoms with Crippen LogP contribution in [0, 0.1) is 5.82 Å². The Bertz CT molecular complexity index is 930. The minimum absolute atomic E-state index is 0.0239. The van der Waals surface area contributed by atoms with Gasteiger partial charge in [-0.3, -0.25) is 4.98 Å². The van der Waals surface area contributed by atoms with Crippen molar-refractivity contribution in [2.45, 2.75) is 37.8 Å². The molecule has 3 aromatic rings. The summed E-state index contributed by atoms with van der Waals surface area (Å²) in [5.74, 6) is -0.200. The third-order valence-corrected chi connectivity index (χ3v) is 4.80. The minimum atomic E-state index is -0.562. The van der Waals surface area contributed by atoms with Crippen LogP contribution in [0.2, 0.25) is 0 Å². The van der Waals surface area contributed by atoms with Crippen LogP contribution >= 0.6 is 0 Å². The van der Waals surface area contributed by atoms with Gasteiger partial charge in [0.1, 0.15) is 17.3 Å². The lowest BCUT2D eigenvalue weighted by Crippen LogP contribution is -2.30. The Morgan fingerprint density at radius 3 is 2.81 bits per heavy atom. The van der Waals surface area contributed by atoms with Gasteiger partial charge in [-0.15, -0.1) is 10.2 Å². The molecule has 6 nitrogen and oxygen atoms in total. The van der Waals surface area contributed by atoms with E-state index >= 15 is 0 Å². The molecule has 1 aliphatic rings. The number of nitrogens with zero attached hydrogens (tertiary/aromatic N) is 3. The molecular formula is C19H19FN4O2. The van der Waals surface area contributed by atoms with Crippen molar-refractivity contribution in [3.63, 3.8) is 0 Å². The molecule has 2 aromatic heterocycles. The Morgan fingerprint density at radius 2 is 2.00 bits per heavy atom. The highest BCUT2D eigenvalue weighted by molar-refractivity contribution is 6.00. The first-order chi connectivity index (χ1) is 12.6. The molecule has 2 atom stereocenters. The first-order valence-corrected chi connectivity index (χ1v) is 8.66. The zero-order valence-electron chi connectivity index (χ0n) is 14.1. The van der Waals surface area contributed by atoms with Crippen molar-refractivity contribution in [2.75, 3.05) is 5.32 Å². The Labute approximate surface area is 149 Å². The second-order valence-corrected chi connectivity index (χ2v) is 6.61. The maximum absolute atomic E-state index is 14.3. The van der Waals surface area contributed by atoms with E-state index in [0.717, 1.165) is 19.3 Å². The number of fused-ring (bicyclic) bond motifs is 1. The number of hydrogen-bond donors (Lipinski definition) is 3. The third kappa shape index (κ3) is 3.06. The predicted octanol–water partition coefficient (Wildman–Crippen LogP) is 3.25. The van der Waals surface area contributed by atoms with Crippen molar-refractivity contribution in [2.24, 2.45) is 0 Å². The van der Waals surface area contributed by atoms with E-state index in [-0.39, 0.29) is 29.2 Å². The normalized spacial score (nSPS) is 20.2. The van der Waals surface area contributed by atoms with Crippen LogP contribution in [0.15, 0.2) is 36.7 Å². The smallest absolute Gasteiger partial charge is 0.158 e. The molecule has 1 fully saturated rings. The molecule has 2 heterocycles. The van der Waals surface area contributed by atoms with E-state index in [0.29, 0.717) is 23.0 Å². The van der Waals surface area contributed by atoms with E-state index in [1.807, 2.05) is 0 Å². The van der Waals surface area contributed by atoms with Crippen LogP contribution in [-0.4, -0.2) is 37.5 Å². The molecule has 0 saturated heterocycles. The third-order valence-electron chi connectivity index (χ3n) is 4.80. The second-order valence-electron chi connectivity index (χ2n) is 6.61. The summed E-state index contributed by atoms with van der Waals surface area (Å²) in [4.78, 5) is 4.15. The van der Waals surface area contributed by atoms with Gasteiger partial charge in [-0.2, -0.15) is 0 Å². The van der Waals surface area contributed by atoms with Crippen LogP contribution in [0.25, 0.3) is 22.0 Å². The van der Waals surface area contributed by atoms with Gasteiger partial charge in [0.15, 0.2) is 5.82 Å². The standard InChI is InChI=1S/C19H19FN4O2/c20-15-5-2-6-16(26)17(15)18-13-7-8-21-10-14(13)19(24-23-18)22-11-3-1-4-12(25)9-11/h2,5-8,10-12,25-26H,1,3-4,9H2,(H,22,24). The average molecular weight is 354 g/mol. The van der Waals surface area contributed by atoms with E-state index in [1.54, 1.807) is 18.5 Å². The number of aliphatic hydroxyl groups excluding tert-OH is 1. The number of aromatic nitrogens is 3. The van der Waals surface area contributed by atoms with Gasteiger partial charge in [-0.05, 0) is 43.9 Å². The Balaban J connectivity index is 1.79. The van der Waals surface area contributed by atoms with E-state index in [1.165, 1.54) is 18.2 Å². The molecule has 0 radical (unpaired) electrons. The number of halogens is 1. The molecule has 0 aliphatic heterocycles. The largest absolute Gasteiger partial charge is 0.507 e. The molecule has 1 saturated carbocycles. The molecule has 134 valence electrons. The summed E-state index contributed by atoms with van der Waals surface area (Å²) in [6.07, 6.45) is 6.29. The number of hydrogen-bond acceptors (Lipinski definition) is 6. The number of phenols is 1. The predicted molar refractivity (Wildman–Crippen MR) is 96.3 cm³/mol. The molecule has 26 heavy (non-hydrogen) atoms. The molecule has 2 unspecified atom stereocenters. The van der Waals surface area contributed by atoms with Crippen LogP contribution < -0.4 is 5.32 Å².